The lowest BCUT2D eigenvalue weighted by atomic mass is 10.1. The van der Waals surface area contributed by atoms with Crippen LogP contribution in [-0.4, -0.2) is 28.9 Å². The molecular formula is C16H21NO3S. The van der Waals surface area contributed by atoms with Gasteiger partial charge in [0, 0.05) is 33.7 Å². The number of ether oxygens (including phenoxy) is 1. The monoisotopic (exact) mass is 307 g/mol. The number of nitrogens with one attached hydrogen (secondary N) is 1. The molecule has 5 heteroatoms. The Bertz CT molecular complexity index is 642. The van der Waals surface area contributed by atoms with Crippen molar-refractivity contribution in [3.8, 4) is 5.75 Å². The number of benzene rings is 1. The maximum Gasteiger partial charge on any atom is 0.176 e. The van der Waals surface area contributed by atoms with Gasteiger partial charge in [-0.1, -0.05) is 12.1 Å². The third-order valence-corrected chi connectivity index (χ3v) is 5.43. The third-order valence-electron chi connectivity index (χ3n) is 4.05. The average Bonchev–Trinajstić information content (AvgIpc) is 2.93. The highest BCUT2D eigenvalue weighted by molar-refractivity contribution is 7.85. The molecule has 1 aliphatic rings. The van der Waals surface area contributed by atoms with E-state index in [1.807, 2.05) is 18.2 Å². The minimum absolute atomic E-state index is 0.138. The molecule has 2 aromatic rings. The van der Waals surface area contributed by atoms with E-state index in [4.69, 9.17) is 9.15 Å². The summed E-state index contributed by atoms with van der Waals surface area (Å²) in [5, 5.41) is 4.64. The predicted molar refractivity (Wildman–Crippen MR) is 85.2 cm³/mol. The van der Waals surface area contributed by atoms with Crippen LogP contribution in [0.1, 0.15) is 31.6 Å². The van der Waals surface area contributed by atoms with E-state index in [0.29, 0.717) is 6.04 Å². The number of rotatable bonds is 4. The average molecular weight is 307 g/mol. The van der Waals surface area contributed by atoms with Crippen LogP contribution in [-0.2, 0) is 10.8 Å². The van der Waals surface area contributed by atoms with E-state index in [9.17, 15) is 4.21 Å². The van der Waals surface area contributed by atoms with E-state index >= 15 is 0 Å². The number of hydrogen-bond acceptors (Lipinski definition) is 4. The normalized spacial score (nSPS) is 24.1. The summed E-state index contributed by atoms with van der Waals surface area (Å²) in [6, 6.07) is 8.53. The first-order valence-corrected chi connectivity index (χ1v) is 8.83. The fourth-order valence-electron chi connectivity index (χ4n) is 2.83. The summed E-state index contributed by atoms with van der Waals surface area (Å²) in [5.41, 5.74) is 0.799. The van der Waals surface area contributed by atoms with Crippen molar-refractivity contribution in [3.05, 3.63) is 30.0 Å². The minimum atomic E-state index is -0.617. The highest BCUT2D eigenvalue weighted by Crippen LogP contribution is 2.31. The van der Waals surface area contributed by atoms with Gasteiger partial charge in [-0.2, -0.15) is 0 Å². The van der Waals surface area contributed by atoms with Crippen LogP contribution in [0.25, 0.3) is 11.0 Å². The quantitative estimate of drug-likeness (QED) is 0.943. The van der Waals surface area contributed by atoms with Gasteiger partial charge in [0.1, 0.15) is 5.76 Å². The second-order valence-electron chi connectivity index (χ2n) is 5.54. The van der Waals surface area contributed by atoms with Crippen LogP contribution in [0, 0.1) is 0 Å². The van der Waals surface area contributed by atoms with Gasteiger partial charge in [0.05, 0.1) is 13.2 Å². The molecule has 0 radical (unpaired) electrons. The second kappa shape index (κ2) is 6.20. The standard InChI is InChI=1S/C16H21NO3S/c1-11(17-13-6-8-21(18)9-7-13)15-10-12-4-3-5-14(19-2)16(12)20-15/h3-5,10-11,13,17H,6-9H2,1-2H3. The number of furan rings is 1. The Hall–Kier alpha value is -1.33. The Kier molecular flexibility index (Phi) is 4.31. The van der Waals surface area contributed by atoms with Crippen LogP contribution in [0.2, 0.25) is 0 Å². The molecule has 1 unspecified atom stereocenters. The molecule has 114 valence electrons. The molecule has 2 heterocycles. The molecule has 1 aromatic heterocycles. The van der Waals surface area contributed by atoms with Crippen LogP contribution in [0.3, 0.4) is 0 Å². The predicted octanol–water partition coefficient (Wildman–Crippen LogP) is 3.00. The zero-order valence-corrected chi connectivity index (χ0v) is 13.2. The minimum Gasteiger partial charge on any atom is -0.493 e. The number of para-hydroxylation sites is 1. The highest BCUT2D eigenvalue weighted by atomic mass is 32.2. The summed E-state index contributed by atoms with van der Waals surface area (Å²) in [4.78, 5) is 0. The van der Waals surface area contributed by atoms with E-state index in [1.54, 1.807) is 7.11 Å². The SMILES string of the molecule is COc1cccc2cc(C(C)NC3CCS(=O)CC3)oc12. The van der Waals surface area contributed by atoms with Crippen molar-refractivity contribution < 1.29 is 13.4 Å². The summed E-state index contributed by atoms with van der Waals surface area (Å²) in [6.07, 6.45) is 1.95. The fraction of sp³-hybridized carbons (Fsp3) is 0.500. The fourth-order valence-corrected chi connectivity index (χ4v) is 4.13. The summed E-state index contributed by atoms with van der Waals surface area (Å²) < 4.78 is 22.7. The van der Waals surface area contributed by atoms with Gasteiger partial charge < -0.3 is 14.5 Å². The van der Waals surface area contributed by atoms with Crippen LogP contribution in [0.4, 0.5) is 0 Å². The molecule has 1 atom stereocenters. The zero-order valence-electron chi connectivity index (χ0n) is 12.4. The Morgan fingerprint density at radius 2 is 2.14 bits per heavy atom. The van der Waals surface area contributed by atoms with E-state index in [0.717, 1.165) is 46.8 Å². The molecule has 1 fully saturated rings. The topological polar surface area (TPSA) is 51.5 Å². The van der Waals surface area contributed by atoms with Gasteiger partial charge in [-0.3, -0.25) is 4.21 Å². The van der Waals surface area contributed by atoms with E-state index in [-0.39, 0.29) is 6.04 Å². The molecule has 1 N–H and O–H groups in total. The first kappa shape index (κ1) is 14.6. The molecule has 4 nitrogen and oxygen atoms in total. The Morgan fingerprint density at radius 3 is 2.86 bits per heavy atom. The number of fused-ring (bicyclic) bond motifs is 1. The van der Waals surface area contributed by atoms with E-state index in [2.05, 4.69) is 18.3 Å². The lowest BCUT2D eigenvalue weighted by molar-refractivity contribution is 0.373. The lowest BCUT2D eigenvalue weighted by Gasteiger charge is -2.25. The molecule has 1 aromatic carbocycles. The van der Waals surface area contributed by atoms with Gasteiger partial charge in [0.2, 0.25) is 0 Å². The van der Waals surface area contributed by atoms with E-state index < -0.39 is 10.8 Å². The van der Waals surface area contributed by atoms with Crippen LogP contribution in [0.15, 0.2) is 28.7 Å². The number of hydrogen-bond donors (Lipinski definition) is 1. The summed E-state index contributed by atoms with van der Waals surface area (Å²) in [5.74, 6) is 3.29. The Balaban J connectivity index is 1.75. The van der Waals surface area contributed by atoms with Crippen LogP contribution in [0.5, 0.6) is 5.75 Å². The largest absolute Gasteiger partial charge is 0.493 e. The molecule has 0 bridgehead atoms. The highest BCUT2D eigenvalue weighted by Gasteiger charge is 2.21. The third kappa shape index (κ3) is 3.14. The van der Waals surface area contributed by atoms with Gasteiger partial charge in [-0.05, 0) is 31.9 Å². The van der Waals surface area contributed by atoms with E-state index in [1.165, 1.54) is 0 Å². The maximum atomic E-state index is 11.4. The molecule has 1 aliphatic heterocycles. The van der Waals surface area contributed by atoms with Crippen molar-refractivity contribution in [1.82, 2.24) is 5.32 Å². The van der Waals surface area contributed by atoms with Gasteiger partial charge in [-0.15, -0.1) is 0 Å². The molecule has 0 spiro atoms. The van der Waals surface area contributed by atoms with Gasteiger partial charge in [0.15, 0.2) is 11.3 Å². The number of methoxy groups -OCH3 is 1. The van der Waals surface area contributed by atoms with Crippen LogP contribution < -0.4 is 10.1 Å². The Morgan fingerprint density at radius 1 is 1.38 bits per heavy atom. The zero-order chi connectivity index (χ0) is 14.8. The van der Waals surface area contributed by atoms with Crippen molar-refractivity contribution in [2.75, 3.05) is 18.6 Å². The summed E-state index contributed by atoms with van der Waals surface area (Å²) >= 11 is 0. The molecule has 0 aliphatic carbocycles. The smallest absolute Gasteiger partial charge is 0.176 e. The van der Waals surface area contributed by atoms with Crippen molar-refractivity contribution >= 4 is 21.8 Å². The first-order chi connectivity index (χ1) is 10.2. The van der Waals surface area contributed by atoms with Crippen molar-refractivity contribution in [1.29, 1.82) is 0 Å². The molecular weight excluding hydrogens is 286 g/mol. The Labute approximate surface area is 127 Å². The molecule has 0 amide bonds. The van der Waals surface area contributed by atoms with Gasteiger partial charge in [0.25, 0.3) is 0 Å². The van der Waals surface area contributed by atoms with Gasteiger partial charge in [-0.25, -0.2) is 0 Å². The molecule has 1 saturated heterocycles. The van der Waals surface area contributed by atoms with Crippen molar-refractivity contribution in [2.24, 2.45) is 0 Å². The summed E-state index contributed by atoms with van der Waals surface area (Å²) in [6.45, 7) is 2.11. The van der Waals surface area contributed by atoms with Crippen molar-refractivity contribution in [3.63, 3.8) is 0 Å². The maximum absolute atomic E-state index is 11.4. The first-order valence-electron chi connectivity index (χ1n) is 7.35. The lowest BCUT2D eigenvalue weighted by Crippen LogP contribution is -2.37. The van der Waals surface area contributed by atoms with Gasteiger partial charge >= 0.3 is 0 Å². The second-order valence-corrected chi connectivity index (χ2v) is 7.23. The summed E-state index contributed by atoms with van der Waals surface area (Å²) in [7, 11) is 1.04. The van der Waals surface area contributed by atoms with Crippen LogP contribution >= 0.6 is 0 Å². The van der Waals surface area contributed by atoms with Crippen molar-refractivity contribution in [2.45, 2.75) is 31.8 Å². The molecule has 3 rings (SSSR count). The molecule has 0 saturated carbocycles. The molecule has 21 heavy (non-hydrogen) atoms.